The van der Waals surface area contributed by atoms with Gasteiger partial charge in [0.1, 0.15) is 5.75 Å². The highest BCUT2D eigenvalue weighted by molar-refractivity contribution is 6.33. The zero-order valence-corrected chi connectivity index (χ0v) is 13.2. The van der Waals surface area contributed by atoms with Gasteiger partial charge in [0.05, 0.1) is 23.4 Å². The van der Waals surface area contributed by atoms with E-state index in [0.717, 1.165) is 12.8 Å². The van der Waals surface area contributed by atoms with Crippen LogP contribution >= 0.6 is 11.6 Å². The van der Waals surface area contributed by atoms with Crippen molar-refractivity contribution in [1.82, 2.24) is 5.32 Å². The first-order valence-corrected chi connectivity index (χ1v) is 7.93. The van der Waals surface area contributed by atoms with Gasteiger partial charge in [-0.3, -0.25) is 4.79 Å². The van der Waals surface area contributed by atoms with Crippen molar-refractivity contribution in [2.24, 2.45) is 0 Å². The fourth-order valence-corrected chi connectivity index (χ4v) is 2.94. The lowest BCUT2D eigenvalue weighted by molar-refractivity contribution is 0.0927. The summed E-state index contributed by atoms with van der Waals surface area (Å²) in [7, 11) is 1.52. The Labute approximate surface area is 131 Å². The van der Waals surface area contributed by atoms with Crippen LogP contribution in [0.15, 0.2) is 12.1 Å². The normalized spacial score (nSPS) is 16.9. The predicted molar refractivity (Wildman–Crippen MR) is 86.0 cm³/mol. The Kier molecular flexibility index (Phi) is 5.74. The average Bonchev–Trinajstić information content (AvgIpc) is 2.44. The van der Waals surface area contributed by atoms with Crippen molar-refractivity contribution >= 4 is 23.2 Å². The van der Waals surface area contributed by atoms with E-state index in [0.29, 0.717) is 22.0 Å². The van der Waals surface area contributed by atoms with Gasteiger partial charge in [-0.2, -0.15) is 0 Å². The van der Waals surface area contributed by atoms with Crippen molar-refractivity contribution in [3.05, 3.63) is 22.7 Å². The summed E-state index contributed by atoms with van der Waals surface area (Å²) in [5, 5.41) is 3.48. The molecule has 1 fully saturated rings. The van der Waals surface area contributed by atoms with E-state index in [1.807, 2.05) is 0 Å². The SMILES string of the molecule is COc1cc(N)c(Cl)cc1C(=O)NC1CCCCCCC1. The number of amides is 1. The van der Waals surface area contributed by atoms with E-state index in [9.17, 15) is 4.79 Å². The lowest BCUT2D eigenvalue weighted by Crippen LogP contribution is -2.35. The molecule has 21 heavy (non-hydrogen) atoms. The first-order valence-electron chi connectivity index (χ1n) is 7.55. The second-order valence-corrected chi connectivity index (χ2v) is 6.00. The molecular formula is C16H23ClN2O2. The van der Waals surface area contributed by atoms with Gasteiger partial charge < -0.3 is 15.8 Å². The first kappa shape index (κ1) is 16.0. The number of carbonyl (C=O) groups excluding carboxylic acids is 1. The minimum Gasteiger partial charge on any atom is -0.496 e. The predicted octanol–water partition coefficient (Wildman–Crippen LogP) is 3.77. The van der Waals surface area contributed by atoms with Crippen LogP contribution in [0.2, 0.25) is 5.02 Å². The zero-order chi connectivity index (χ0) is 15.2. The number of ether oxygens (including phenoxy) is 1. The fraction of sp³-hybridized carbons (Fsp3) is 0.562. The molecule has 1 aromatic carbocycles. The summed E-state index contributed by atoms with van der Waals surface area (Å²) < 4.78 is 5.24. The molecule has 0 unspecified atom stereocenters. The number of nitrogen functional groups attached to an aromatic ring is 1. The van der Waals surface area contributed by atoms with Gasteiger partial charge in [0.2, 0.25) is 0 Å². The molecule has 2 rings (SSSR count). The average molecular weight is 311 g/mol. The summed E-state index contributed by atoms with van der Waals surface area (Å²) in [6.07, 6.45) is 8.23. The number of hydrogen-bond donors (Lipinski definition) is 2. The van der Waals surface area contributed by atoms with Crippen molar-refractivity contribution in [3.8, 4) is 5.75 Å². The summed E-state index contributed by atoms with van der Waals surface area (Å²) in [6, 6.07) is 3.41. The van der Waals surface area contributed by atoms with Gasteiger partial charge in [-0.1, -0.05) is 43.7 Å². The van der Waals surface area contributed by atoms with Crippen LogP contribution in [0.1, 0.15) is 55.3 Å². The molecule has 116 valence electrons. The Morgan fingerprint density at radius 2 is 1.86 bits per heavy atom. The molecule has 4 nitrogen and oxygen atoms in total. The van der Waals surface area contributed by atoms with E-state index in [1.54, 1.807) is 12.1 Å². The molecule has 0 heterocycles. The number of rotatable bonds is 3. The van der Waals surface area contributed by atoms with Gasteiger partial charge in [-0.25, -0.2) is 0 Å². The largest absolute Gasteiger partial charge is 0.496 e. The Bertz CT molecular complexity index is 497. The molecule has 1 aliphatic rings. The van der Waals surface area contributed by atoms with Crippen molar-refractivity contribution in [1.29, 1.82) is 0 Å². The third kappa shape index (κ3) is 4.27. The van der Waals surface area contributed by atoms with Crippen LogP contribution in [0.3, 0.4) is 0 Å². The smallest absolute Gasteiger partial charge is 0.255 e. The topological polar surface area (TPSA) is 64.3 Å². The Balaban J connectivity index is 2.10. The monoisotopic (exact) mass is 310 g/mol. The number of nitrogens with two attached hydrogens (primary N) is 1. The van der Waals surface area contributed by atoms with Crippen LogP contribution in [0, 0.1) is 0 Å². The molecular weight excluding hydrogens is 288 g/mol. The maximum Gasteiger partial charge on any atom is 0.255 e. The molecule has 0 aliphatic heterocycles. The van der Waals surface area contributed by atoms with Gasteiger partial charge in [-0.15, -0.1) is 0 Å². The molecule has 0 atom stereocenters. The summed E-state index contributed by atoms with van der Waals surface area (Å²) in [5.41, 5.74) is 6.60. The van der Waals surface area contributed by atoms with Gasteiger partial charge in [-0.05, 0) is 18.9 Å². The second kappa shape index (κ2) is 7.55. The minimum absolute atomic E-state index is 0.140. The van der Waals surface area contributed by atoms with Crippen molar-refractivity contribution in [2.75, 3.05) is 12.8 Å². The molecule has 0 aromatic heterocycles. The Morgan fingerprint density at radius 1 is 1.24 bits per heavy atom. The molecule has 1 amide bonds. The molecule has 1 aromatic rings. The zero-order valence-electron chi connectivity index (χ0n) is 12.5. The van der Waals surface area contributed by atoms with Crippen LogP contribution in [0.4, 0.5) is 5.69 Å². The number of nitrogens with one attached hydrogen (secondary N) is 1. The highest BCUT2D eigenvalue weighted by atomic mass is 35.5. The maximum atomic E-state index is 12.5. The van der Waals surface area contributed by atoms with Gasteiger partial charge >= 0.3 is 0 Å². The molecule has 0 radical (unpaired) electrons. The second-order valence-electron chi connectivity index (χ2n) is 5.59. The van der Waals surface area contributed by atoms with E-state index < -0.39 is 0 Å². The number of hydrogen-bond acceptors (Lipinski definition) is 3. The van der Waals surface area contributed by atoms with Crippen LogP contribution in [-0.4, -0.2) is 19.1 Å². The quantitative estimate of drug-likeness (QED) is 0.835. The third-order valence-corrected chi connectivity index (χ3v) is 4.33. The number of methoxy groups -OCH3 is 1. The number of anilines is 1. The maximum absolute atomic E-state index is 12.5. The Hall–Kier alpha value is -1.42. The highest BCUT2D eigenvalue weighted by Gasteiger charge is 2.19. The minimum atomic E-state index is -0.140. The van der Waals surface area contributed by atoms with Crippen LogP contribution in [0.25, 0.3) is 0 Å². The molecule has 3 N–H and O–H groups in total. The van der Waals surface area contributed by atoms with Crippen LogP contribution in [0.5, 0.6) is 5.75 Å². The summed E-state index contributed by atoms with van der Waals surface area (Å²) in [5.74, 6) is 0.319. The molecule has 5 heteroatoms. The lowest BCUT2D eigenvalue weighted by Gasteiger charge is -2.21. The van der Waals surface area contributed by atoms with Crippen LogP contribution in [-0.2, 0) is 0 Å². The number of benzene rings is 1. The lowest BCUT2D eigenvalue weighted by atomic mass is 9.96. The van der Waals surface area contributed by atoms with E-state index in [1.165, 1.54) is 39.2 Å². The standard InChI is InChI=1S/C16H23ClN2O2/c1-21-15-10-14(18)13(17)9-12(15)16(20)19-11-7-5-3-2-4-6-8-11/h9-11H,2-8,18H2,1H3,(H,19,20). The molecule has 1 saturated carbocycles. The van der Waals surface area contributed by atoms with Gasteiger partial charge in [0.15, 0.2) is 0 Å². The number of halogens is 1. The van der Waals surface area contributed by atoms with Gasteiger partial charge in [0, 0.05) is 12.1 Å². The summed E-state index contributed by atoms with van der Waals surface area (Å²) in [6.45, 7) is 0. The highest BCUT2D eigenvalue weighted by Crippen LogP contribution is 2.29. The van der Waals surface area contributed by atoms with E-state index in [4.69, 9.17) is 22.1 Å². The molecule has 0 saturated heterocycles. The fourth-order valence-electron chi connectivity index (χ4n) is 2.78. The van der Waals surface area contributed by atoms with Crippen molar-refractivity contribution in [2.45, 2.75) is 51.0 Å². The summed E-state index contributed by atoms with van der Waals surface area (Å²) in [4.78, 5) is 12.5. The first-order chi connectivity index (χ1) is 10.1. The van der Waals surface area contributed by atoms with Crippen molar-refractivity contribution in [3.63, 3.8) is 0 Å². The van der Waals surface area contributed by atoms with Crippen LogP contribution < -0.4 is 15.8 Å². The van der Waals surface area contributed by atoms with Gasteiger partial charge in [0.25, 0.3) is 5.91 Å². The Morgan fingerprint density at radius 3 is 2.48 bits per heavy atom. The van der Waals surface area contributed by atoms with E-state index in [2.05, 4.69) is 5.32 Å². The molecule has 0 bridgehead atoms. The van der Waals surface area contributed by atoms with E-state index in [-0.39, 0.29) is 11.9 Å². The third-order valence-electron chi connectivity index (χ3n) is 4.00. The van der Waals surface area contributed by atoms with Crippen molar-refractivity contribution < 1.29 is 9.53 Å². The summed E-state index contributed by atoms with van der Waals surface area (Å²) >= 11 is 6.02. The number of carbonyl (C=O) groups is 1. The molecule has 0 spiro atoms. The molecule has 1 aliphatic carbocycles. The van der Waals surface area contributed by atoms with E-state index >= 15 is 0 Å².